The van der Waals surface area contributed by atoms with E-state index >= 15 is 0 Å². The lowest BCUT2D eigenvalue weighted by Gasteiger charge is -2.38. The maximum atomic E-state index is 13.0. The second-order valence-electron chi connectivity index (χ2n) is 8.63. The molecule has 0 atom stereocenters. The molecular weight excluding hydrogens is 438 g/mol. The van der Waals surface area contributed by atoms with E-state index in [0.29, 0.717) is 42.7 Å². The van der Waals surface area contributed by atoms with Gasteiger partial charge in [-0.25, -0.2) is 8.42 Å². The summed E-state index contributed by atoms with van der Waals surface area (Å²) in [7, 11) is -3.85. The lowest BCUT2D eigenvalue weighted by atomic mass is 9.86. The minimum Gasteiger partial charge on any atom is -0.390 e. The standard InChI is InChI=1S/C25H29N3O4S/c1-2-3-13-25(30)14-17-28(18-15-25)24(29)20-9-11-21(12-10-20)27-33(31,32)22-8-4-6-19-7-5-16-26-23(19)22/h4-12,16,27,30H,2-3,13-15,17-18H2,1H3. The molecule has 0 radical (unpaired) electrons. The predicted molar refractivity (Wildman–Crippen MR) is 129 cm³/mol. The van der Waals surface area contributed by atoms with Crippen molar-refractivity contribution in [1.82, 2.24) is 9.88 Å². The highest BCUT2D eigenvalue weighted by Crippen LogP contribution is 2.29. The summed E-state index contributed by atoms with van der Waals surface area (Å²) in [6, 6.07) is 15.0. The molecule has 2 aromatic carbocycles. The average Bonchev–Trinajstić information content (AvgIpc) is 2.83. The highest BCUT2D eigenvalue weighted by molar-refractivity contribution is 7.93. The number of pyridine rings is 1. The normalized spacial score (nSPS) is 16.0. The van der Waals surface area contributed by atoms with Gasteiger partial charge < -0.3 is 10.0 Å². The van der Waals surface area contributed by atoms with Gasteiger partial charge in [-0.2, -0.15) is 0 Å². The van der Waals surface area contributed by atoms with E-state index in [1.165, 1.54) is 6.07 Å². The number of amides is 1. The van der Waals surface area contributed by atoms with Gasteiger partial charge in [0.15, 0.2) is 0 Å². The number of anilines is 1. The number of sulfonamides is 1. The Bertz CT molecular complexity index is 1230. The lowest BCUT2D eigenvalue weighted by Crippen LogP contribution is -2.46. The fourth-order valence-corrected chi connectivity index (χ4v) is 5.49. The van der Waals surface area contributed by atoms with E-state index in [9.17, 15) is 18.3 Å². The quantitative estimate of drug-likeness (QED) is 0.543. The zero-order valence-corrected chi connectivity index (χ0v) is 19.5. The molecule has 8 heteroatoms. The number of carbonyl (C=O) groups is 1. The van der Waals surface area contributed by atoms with Gasteiger partial charge in [0.05, 0.1) is 11.1 Å². The summed E-state index contributed by atoms with van der Waals surface area (Å²) in [4.78, 5) is 19.0. The number of benzene rings is 2. The van der Waals surface area contributed by atoms with Crippen molar-refractivity contribution in [3.63, 3.8) is 0 Å². The van der Waals surface area contributed by atoms with Crippen molar-refractivity contribution in [3.8, 4) is 0 Å². The van der Waals surface area contributed by atoms with Crippen LogP contribution in [0.15, 0.2) is 65.7 Å². The number of hydrogen-bond acceptors (Lipinski definition) is 5. The lowest BCUT2D eigenvalue weighted by molar-refractivity contribution is -0.0242. The molecule has 2 N–H and O–H groups in total. The van der Waals surface area contributed by atoms with E-state index in [2.05, 4.69) is 16.6 Å². The summed E-state index contributed by atoms with van der Waals surface area (Å²) in [5.41, 5.74) is 0.588. The van der Waals surface area contributed by atoms with Gasteiger partial charge in [0.25, 0.3) is 15.9 Å². The number of rotatable bonds is 7. The molecule has 0 aliphatic carbocycles. The van der Waals surface area contributed by atoms with Gasteiger partial charge >= 0.3 is 0 Å². The summed E-state index contributed by atoms with van der Waals surface area (Å²) in [5, 5.41) is 11.4. The molecular formula is C25H29N3O4S. The molecule has 174 valence electrons. The van der Waals surface area contributed by atoms with Crippen LogP contribution in [0.4, 0.5) is 5.69 Å². The summed E-state index contributed by atoms with van der Waals surface area (Å²) in [5.74, 6) is -0.111. The van der Waals surface area contributed by atoms with Crippen molar-refractivity contribution in [2.75, 3.05) is 17.8 Å². The Morgan fingerprint density at radius 3 is 2.48 bits per heavy atom. The van der Waals surface area contributed by atoms with E-state index in [1.807, 2.05) is 12.1 Å². The van der Waals surface area contributed by atoms with Crippen LogP contribution in [0.25, 0.3) is 10.9 Å². The molecule has 1 aliphatic rings. The van der Waals surface area contributed by atoms with Crippen molar-refractivity contribution in [1.29, 1.82) is 0 Å². The fraction of sp³-hybridized carbons (Fsp3) is 0.360. The molecule has 2 heterocycles. The number of fused-ring (bicyclic) bond motifs is 1. The van der Waals surface area contributed by atoms with E-state index < -0.39 is 15.6 Å². The van der Waals surface area contributed by atoms with Gasteiger partial charge in [0.1, 0.15) is 4.90 Å². The van der Waals surface area contributed by atoms with Crippen molar-refractivity contribution in [2.45, 2.75) is 49.5 Å². The number of unbranched alkanes of at least 4 members (excludes halogenated alkanes) is 1. The summed E-state index contributed by atoms with van der Waals surface area (Å²) in [6.45, 7) is 3.13. The summed E-state index contributed by atoms with van der Waals surface area (Å²) < 4.78 is 28.5. The topological polar surface area (TPSA) is 99.6 Å². The van der Waals surface area contributed by atoms with Crippen molar-refractivity contribution >= 4 is 32.5 Å². The molecule has 0 bridgehead atoms. The first-order valence-electron chi connectivity index (χ1n) is 11.3. The molecule has 7 nitrogen and oxygen atoms in total. The molecule has 0 spiro atoms. The van der Waals surface area contributed by atoms with Gasteiger partial charge in [-0.3, -0.25) is 14.5 Å². The second kappa shape index (κ2) is 9.49. The van der Waals surface area contributed by atoms with Crippen LogP contribution in [0, 0.1) is 0 Å². The number of carbonyl (C=O) groups excluding carboxylic acids is 1. The molecule has 0 unspecified atom stereocenters. The van der Waals surface area contributed by atoms with Crippen LogP contribution >= 0.6 is 0 Å². The average molecular weight is 468 g/mol. The molecule has 0 saturated carbocycles. The second-order valence-corrected chi connectivity index (χ2v) is 10.3. The minimum atomic E-state index is -3.85. The molecule has 3 aromatic rings. The van der Waals surface area contributed by atoms with Crippen molar-refractivity contribution in [2.24, 2.45) is 0 Å². The first-order chi connectivity index (χ1) is 15.8. The molecule has 4 rings (SSSR count). The van der Waals surface area contributed by atoms with E-state index in [0.717, 1.165) is 24.6 Å². The van der Waals surface area contributed by atoms with E-state index in [-0.39, 0.29) is 10.8 Å². The largest absolute Gasteiger partial charge is 0.390 e. The Balaban J connectivity index is 1.44. The highest BCUT2D eigenvalue weighted by atomic mass is 32.2. The van der Waals surface area contributed by atoms with Crippen LogP contribution in [0.5, 0.6) is 0 Å². The van der Waals surface area contributed by atoms with Crippen molar-refractivity contribution < 1.29 is 18.3 Å². The summed E-state index contributed by atoms with van der Waals surface area (Å²) >= 11 is 0. The minimum absolute atomic E-state index is 0.102. The maximum absolute atomic E-state index is 13.0. The van der Waals surface area contributed by atoms with Crippen LogP contribution in [0.3, 0.4) is 0 Å². The number of nitrogens with zero attached hydrogens (tertiary/aromatic N) is 2. The fourth-order valence-electron chi connectivity index (χ4n) is 4.25. The smallest absolute Gasteiger partial charge is 0.264 e. The Hall–Kier alpha value is -2.97. The maximum Gasteiger partial charge on any atom is 0.264 e. The number of nitrogens with one attached hydrogen (secondary N) is 1. The van der Waals surface area contributed by atoms with Crippen LogP contribution < -0.4 is 4.72 Å². The van der Waals surface area contributed by atoms with E-state index in [1.54, 1.807) is 47.5 Å². The number of hydrogen-bond donors (Lipinski definition) is 2. The first kappa shape index (κ1) is 23.2. The van der Waals surface area contributed by atoms with Crippen LogP contribution in [0.2, 0.25) is 0 Å². The van der Waals surface area contributed by atoms with Gasteiger partial charge in [-0.1, -0.05) is 38.0 Å². The van der Waals surface area contributed by atoms with Gasteiger partial charge in [0.2, 0.25) is 0 Å². The molecule has 1 amide bonds. The molecule has 33 heavy (non-hydrogen) atoms. The molecule has 1 aliphatic heterocycles. The SMILES string of the molecule is CCCCC1(O)CCN(C(=O)c2ccc(NS(=O)(=O)c3cccc4cccnc34)cc2)CC1. The van der Waals surface area contributed by atoms with E-state index in [4.69, 9.17) is 0 Å². The highest BCUT2D eigenvalue weighted by Gasteiger charge is 2.33. The number of para-hydroxylation sites is 1. The third-order valence-electron chi connectivity index (χ3n) is 6.25. The Labute approximate surface area is 194 Å². The molecule has 1 fully saturated rings. The zero-order chi connectivity index (χ0) is 23.5. The number of piperidine rings is 1. The Morgan fingerprint density at radius 2 is 1.79 bits per heavy atom. The van der Waals surface area contributed by atoms with Gasteiger partial charge in [-0.15, -0.1) is 0 Å². The van der Waals surface area contributed by atoms with Crippen molar-refractivity contribution in [3.05, 3.63) is 66.4 Å². The molecule has 1 saturated heterocycles. The third kappa shape index (κ3) is 5.17. The zero-order valence-electron chi connectivity index (χ0n) is 18.7. The number of aromatic nitrogens is 1. The summed E-state index contributed by atoms with van der Waals surface area (Å²) in [6.07, 6.45) is 5.51. The predicted octanol–water partition coefficient (Wildman–Crippen LogP) is 4.19. The first-order valence-corrected chi connectivity index (χ1v) is 12.8. The van der Waals surface area contributed by atoms with Gasteiger partial charge in [-0.05, 0) is 55.7 Å². The Morgan fingerprint density at radius 1 is 1.09 bits per heavy atom. The van der Waals surface area contributed by atoms with Crippen LogP contribution in [0.1, 0.15) is 49.4 Å². The monoisotopic (exact) mass is 467 g/mol. The number of aliphatic hydroxyl groups is 1. The van der Waals surface area contributed by atoms with Crippen LogP contribution in [-0.2, 0) is 10.0 Å². The third-order valence-corrected chi connectivity index (χ3v) is 7.66. The molecule has 1 aromatic heterocycles. The number of likely N-dealkylation sites (tertiary alicyclic amines) is 1. The van der Waals surface area contributed by atoms with Gasteiger partial charge in [0, 0.05) is 35.9 Å². The van der Waals surface area contributed by atoms with Crippen LogP contribution in [-0.4, -0.2) is 48.0 Å². The Kier molecular flexibility index (Phi) is 6.67.